The van der Waals surface area contributed by atoms with Gasteiger partial charge < -0.3 is 20.1 Å². The summed E-state index contributed by atoms with van der Waals surface area (Å²) in [6.07, 6.45) is 2.27. The van der Waals surface area contributed by atoms with Gasteiger partial charge in [-0.25, -0.2) is 9.59 Å². The molecule has 1 aliphatic heterocycles. The Morgan fingerprint density at radius 3 is 2.53 bits per heavy atom. The van der Waals surface area contributed by atoms with Gasteiger partial charge in [0.1, 0.15) is 5.60 Å². The average Bonchev–Trinajstić information content (AvgIpc) is 2.65. The van der Waals surface area contributed by atoms with E-state index in [0.717, 1.165) is 6.42 Å². The number of ether oxygens (including phenoxy) is 2. The highest BCUT2D eigenvalue weighted by Crippen LogP contribution is 2.22. The Kier molecular flexibility index (Phi) is 7.97. The second-order valence-corrected chi connectivity index (χ2v) is 8.35. The van der Waals surface area contributed by atoms with Crippen molar-refractivity contribution in [3.8, 4) is 0 Å². The quantitative estimate of drug-likeness (QED) is 0.713. The fraction of sp³-hybridized carbons (Fsp3) is 0.545. The highest BCUT2D eigenvalue weighted by molar-refractivity contribution is 5.97. The smallest absolute Gasteiger partial charge is 0.408 e. The van der Waals surface area contributed by atoms with Crippen LogP contribution in [0.15, 0.2) is 18.2 Å². The van der Waals surface area contributed by atoms with Gasteiger partial charge in [-0.05, 0) is 51.3 Å². The third-order valence-electron chi connectivity index (χ3n) is 4.65. The normalized spacial score (nSPS) is 18.2. The van der Waals surface area contributed by atoms with Gasteiger partial charge in [0.2, 0.25) is 5.91 Å². The Labute approximate surface area is 176 Å². The van der Waals surface area contributed by atoms with Crippen LogP contribution in [0.3, 0.4) is 0 Å². The number of fused-ring (bicyclic) bond motifs is 1. The van der Waals surface area contributed by atoms with Gasteiger partial charge in [-0.2, -0.15) is 0 Å². The molecule has 8 heteroatoms. The zero-order chi connectivity index (χ0) is 22.3. The number of hydrogen-bond acceptors (Lipinski definition) is 6. The van der Waals surface area contributed by atoms with Crippen molar-refractivity contribution in [3.63, 3.8) is 0 Å². The summed E-state index contributed by atoms with van der Waals surface area (Å²) < 4.78 is 10.0. The summed E-state index contributed by atoms with van der Waals surface area (Å²) in [5.41, 5.74) is 0.574. The topological polar surface area (TPSA) is 111 Å². The van der Waals surface area contributed by atoms with Gasteiger partial charge in [0, 0.05) is 18.5 Å². The molecular formula is C22H30N2O6. The molecule has 2 N–H and O–H groups in total. The van der Waals surface area contributed by atoms with Gasteiger partial charge in [-0.15, -0.1) is 0 Å². The number of esters is 1. The first kappa shape index (κ1) is 23.4. The standard InChI is InChI=1S/C22H30N2O6/c1-22(2,3)30-21(28)24-16-8-6-5-7-9-19(26)23-17-12-15(20(27)29-4)11-10-14(17)13-18(16)25/h10-12,16H,5-9,13H2,1-4H3,(H,23,26)(H,24,28)/t16-/m0/s1. The number of Topliss-reactive ketones (excluding diaryl/α,β-unsaturated/α-hetero) is 1. The van der Waals surface area contributed by atoms with Crippen LogP contribution in [0.4, 0.5) is 10.5 Å². The maximum absolute atomic E-state index is 13.0. The SMILES string of the molecule is COC(=O)c1ccc2c(c1)NC(=O)CCCCC[C@H](NC(=O)OC(C)(C)C)C(=O)C2. The zero-order valence-corrected chi connectivity index (χ0v) is 18.0. The Balaban J connectivity index is 2.27. The first-order valence-corrected chi connectivity index (χ1v) is 10.1. The number of alkyl carbamates (subject to hydrolysis) is 1. The van der Waals surface area contributed by atoms with Crippen LogP contribution in [-0.4, -0.2) is 42.5 Å². The van der Waals surface area contributed by atoms with Crippen LogP contribution in [0.1, 0.15) is 68.8 Å². The van der Waals surface area contributed by atoms with Gasteiger partial charge in [-0.1, -0.05) is 18.9 Å². The van der Waals surface area contributed by atoms with E-state index in [1.165, 1.54) is 13.2 Å². The number of benzene rings is 1. The van der Waals surface area contributed by atoms with E-state index in [1.54, 1.807) is 32.9 Å². The summed E-state index contributed by atoms with van der Waals surface area (Å²) >= 11 is 0. The number of ketones is 1. The lowest BCUT2D eigenvalue weighted by atomic mass is 9.96. The molecule has 0 unspecified atom stereocenters. The fourth-order valence-corrected chi connectivity index (χ4v) is 3.19. The van der Waals surface area contributed by atoms with Gasteiger partial charge in [-0.3, -0.25) is 9.59 Å². The van der Waals surface area contributed by atoms with Crippen molar-refractivity contribution in [2.24, 2.45) is 0 Å². The summed E-state index contributed by atoms with van der Waals surface area (Å²) in [6.45, 7) is 5.27. The number of nitrogens with one attached hydrogen (secondary N) is 2. The number of anilines is 1. The Morgan fingerprint density at radius 2 is 1.87 bits per heavy atom. The molecule has 164 valence electrons. The van der Waals surface area contributed by atoms with E-state index < -0.39 is 23.7 Å². The summed E-state index contributed by atoms with van der Waals surface area (Å²) in [4.78, 5) is 49.3. The van der Waals surface area contributed by atoms with E-state index in [9.17, 15) is 19.2 Å². The lowest BCUT2D eigenvalue weighted by Crippen LogP contribution is -2.44. The number of rotatable bonds is 2. The van der Waals surface area contributed by atoms with Crippen molar-refractivity contribution in [2.45, 2.75) is 70.9 Å². The molecule has 1 heterocycles. The fourth-order valence-electron chi connectivity index (χ4n) is 3.19. The summed E-state index contributed by atoms with van der Waals surface area (Å²) in [5.74, 6) is -0.897. The molecule has 1 atom stereocenters. The third kappa shape index (κ3) is 7.17. The molecule has 1 aromatic carbocycles. The molecule has 0 aromatic heterocycles. The van der Waals surface area contributed by atoms with Gasteiger partial charge in [0.25, 0.3) is 0 Å². The molecule has 1 aromatic rings. The van der Waals surface area contributed by atoms with Gasteiger partial charge >= 0.3 is 12.1 Å². The molecule has 0 aliphatic carbocycles. The largest absolute Gasteiger partial charge is 0.465 e. The Bertz CT molecular complexity index is 812. The van der Waals surface area contributed by atoms with Crippen LogP contribution in [0, 0.1) is 0 Å². The minimum absolute atomic E-state index is 0.00245. The molecular weight excluding hydrogens is 388 g/mol. The summed E-state index contributed by atoms with van der Waals surface area (Å²) in [7, 11) is 1.27. The van der Waals surface area contributed by atoms with Crippen LogP contribution in [0.5, 0.6) is 0 Å². The van der Waals surface area contributed by atoms with E-state index in [1.807, 2.05) is 0 Å². The molecule has 30 heavy (non-hydrogen) atoms. The van der Waals surface area contributed by atoms with Gasteiger partial charge in [0.15, 0.2) is 5.78 Å². The minimum Gasteiger partial charge on any atom is -0.465 e. The first-order valence-electron chi connectivity index (χ1n) is 10.1. The predicted octanol–water partition coefficient (Wildman–Crippen LogP) is 3.38. The highest BCUT2D eigenvalue weighted by atomic mass is 16.6. The monoisotopic (exact) mass is 418 g/mol. The van der Waals surface area contributed by atoms with E-state index in [-0.39, 0.29) is 23.7 Å². The summed E-state index contributed by atoms with van der Waals surface area (Å²) in [6, 6.07) is 3.99. The third-order valence-corrected chi connectivity index (χ3v) is 4.65. The Hall–Kier alpha value is -2.90. The second-order valence-electron chi connectivity index (χ2n) is 8.35. The number of carbonyl (C=O) groups is 4. The number of hydrogen-bond donors (Lipinski definition) is 2. The molecule has 8 nitrogen and oxygen atoms in total. The zero-order valence-electron chi connectivity index (χ0n) is 18.0. The molecule has 1 aliphatic rings. The van der Waals surface area contributed by atoms with Crippen LogP contribution in [0.2, 0.25) is 0 Å². The van der Waals surface area contributed by atoms with Crippen LogP contribution >= 0.6 is 0 Å². The van der Waals surface area contributed by atoms with Crippen molar-refractivity contribution in [2.75, 3.05) is 12.4 Å². The molecule has 2 rings (SSSR count). The summed E-state index contributed by atoms with van der Waals surface area (Å²) in [5, 5.41) is 5.48. The lowest BCUT2D eigenvalue weighted by Gasteiger charge is -2.24. The minimum atomic E-state index is -0.692. The lowest BCUT2D eigenvalue weighted by molar-refractivity contribution is -0.121. The van der Waals surface area contributed by atoms with Crippen molar-refractivity contribution in [1.82, 2.24) is 5.32 Å². The maximum Gasteiger partial charge on any atom is 0.408 e. The van der Waals surface area contributed by atoms with Crippen molar-refractivity contribution < 1.29 is 28.7 Å². The molecule has 0 fully saturated rings. The Morgan fingerprint density at radius 1 is 1.13 bits per heavy atom. The molecule has 0 saturated carbocycles. The van der Waals surface area contributed by atoms with E-state index >= 15 is 0 Å². The predicted molar refractivity (Wildman–Crippen MR) is 111 cm³/mol. The van der Waals surface area contributed by atoms with Crippen molar-refractivity contribution >= 4 is 29.4 Å². The van der Waals surface area contributed by atoms with Gasteiger partial charge in [0.05, 0.1) is 18.7 Å². The molecule has 0 bridgehead atoms. The number of carbonyl (C=O) groups excluding carboxylic acids is 4. The van der Waals surface area contributed by atoms with E-state index in [2.05, 4.69) is 10.6 Å². The first-order chi connectivity index (χ1) is 14.1. The molecule has 2 amide bonds. The molecule has 0 spiro atoms. The van der Waals surface area contributed by atoms with E-state index in [4.69, 9.17) is 9.47 Å². The van der Waals surface area contributed by atoms with Crippen LogP contribution < -0.4 is 10.6 Å². The van der Waals surface area contributed by atoms with Crippen molar-refractivity contribution in [3.05, 3.63) is 29.3 Å². The van der Waals surface area contributed by atoms with Crippen LogP contribution in [0.25, 0.3) is 0 Å². The van der Waals surface area contributed by atoms with Crippen molar-refractivity contribution in [1.29, 1.82) is 0 Å². The van der Waals surface area contributed by atoms with E-state index in [0.29, 0.717) is 36.9 Å². The maximum atomic E-state index is 13.0. The average molecular weight is 418 g/mol. The molecule has 0 radical (unpaired) electrons. The second kappa shape index (κ2) is 10.2. The highest BCUT2D eigenvalue weighted by Gasteiger charge is 2.25. The van der Waals surface area contributed by atoms with Crippen LogP contribution in [-0.2, 0) is 25.5 Å². The molecule has 0 saturated heterocycles. The number of methoxy groups -OCH3 is 1. The number of amides is 2.